The van der Waals surface area contributed by atoms with Crippen LogP contribution in [0.3, 0.4) is 0 Å². The van der Waals surface area contributed by atoms with Crippen molar-refractivity contribution in [3.63, 3.8) is 0 Å². The van der Waals surface area contributed by atoms with Crippen LogP contribution in [0.4, 0.5) is 0 Å². The van der Waals surface area contributed by atoms with Crippen molar-refractivity contribution in [3.8, 4) is 5.75 Å². The highest BCUT2D eigenvalue weighted by molar-refractivity contribution is 5.95. The second-order valence-electron chi connectivity index (χ2n) is 6.92. The first-order valence-electron chi connectivity index (χ1n) is 9.49. The standard InChI is InChI=1S/C22H28N2O2/c1-18-8-5-6-11-21(18)22(25)23-19-12-15-24(16-13-19)14-7-17-26-20-9-3-2-4-10-20/h2-6,8-11,19H,7,12-17H2,1H3,(H,23,25). The number of hydrogen-bond donors (Lipinski definition) is 1. The minimum atomic E-state index is 0.0535. The van der Waals surface area contributed by atoms with Gasteiger partial charge in [-0.2, -0.15) is 0 Å². The van der Waals surface area contributed by atoms with Gasteiger partial charge in [-0.15, -0.1) is 0 Å². The summed E-state index contributed by atoms with van der Waals surface area (Å²) in [7, 11) is 0. The van der Waals surface area contributed by atoms with Crippen molar-refractivity contribution in [3.05, 3.63) is 65.7 Å². The molecule has 1 aliphatic heterocycles. The van der Waals surface area contributed by atoms with E-state index in [1.165, 1.54) is 0 Å². The molecule has 0 radical (unpaired) electrons. The van der Waals surface area contributed by atoms with Crippen molar-refractivity contribution >= 4 is 5.91 Å². The number of carbonyl (C=O) groups is 1. The van der Waals surface area contributed by atoms with Gasteiger partial charge in [-0.1, -0.05) is 36.4 Å². The molecule has 2 aromatic carbocycles. The Morgan fingerprint density at radius 2 is 1.77 bits per heavy atom. The van der Waals surface area contributed by atoms with Crippen LogP contribution < -0.4 is 10.1 Å². The van der Waals surface area contributed by atoms with Crippen molar-refractivity contribution in [1.29, 1.82) is 0 Å². The quantitative estimate of drug-likeness (QED) is 0.773. The van der Waals surface area contributed by atoms with Crippen LogP contribution in [0.5, 0.6) is 5.75 Å². The lowest BCUT2D eigenvalue weighted by Crippen LogP contribution is -2.45. The molecule has 0 bridgehead atoms. The topological polar surface area (TPSA) is 41.6 Å². The van der Waals surface area contributed by atoms with Crippen LogP contribution in [-0.2, 0) is 0 Å². The van der Waals surface area contributed by atoms with Crippen LogP contribution in [0.2, 0.25) is 0 Å². The van der Waals surface area contributed by atoms with Gasteiger partial charge in [-0.25, -0.2) is 0 Å². The third-order valence-electron chi connectivity index (χ3n) is 4.94. The lowest BCUT2D eigenvalue weighted by Gasteiger charge is -2.32. The number of ether oxygens (including phenoxy) is 1. The number of amides is 1. The predicted molar refractivity (Wildman–Crippen MR) is 105 cm³/mol. The van der Waals surface area contributed by atoms with E-state index in [0.717, 1.165) is 62.4 Å². The molecule has 1 saturated heterocycles. The van der Waals surface area contributed by atoms with Crippen molar-refractivity contribution in [1.82, 2.24) is 10.2 Å². The van der Waals surface area contributed by atoms with Crippen molar-refractivity contribution in [2.24, 2.45) is 0 Å². The molecule has 1 fully saturated rings. The van der Waals surface area contributed by atoms with Crippen LogP contribution in [0.1, 0.15) is 35.2 Å². The summed E-state index contributed by atoms with van der Waals surface area (Å²) >= 11 is 0. The lowest BCUT2D eigenvalue weighted by atomic mass is 10.0. The van der Waals surface area contributed by atoms with E-state index in [0.29, 0.717) is 0 Å². The van der Waals surface area contributed by atoms with E-state index in [1.54, 1.807) is 0 Å². The number of piperidine rings is 1. The second kappa shape index (κ2) is 9.39. The minimum Gasteiger partial charge on any atom is -0.494 e. The van der Waals surface area contributed by atoms with E-state index in [2.05, 4.69) is 10.2 Å². The monoisotopic (exact) mass is 352 g/mol. The normalized spacial score (nSPS) is 15.6. The Morgan fingerprint density at radius 3 is 2.50 bits per heavy atom. The van der Waals surface area contributed by atoms with Crippen LogP contribution in [0.25, 0.3) is 0 Å². The molecule has 0 aliphatic carbocycles. The largest absolute Gasteiger partial charge is 0.494 e. The molecule has 2 aromatic rings. The highest BCUT2D eigenvalue weighted by atomic mass is 16.5. The number of nitrogens with zero attached hydrogens (tertiary/aromatic N) is 1. The summed E-state index contributed by atoms with van der Waals surface area (Å²) in [6, 6.07) is 18.0. The smallest absolute Gasteiger partial charge is 0.251 e. The minimum absolute atomic E-state index is 0.0535. The number of likely N-dealkylation sites (tertiary alicyclic amines) is 1. The van der Waals surface area contributed by atoms with Gasteiger partial charge in [0, 0.05) is 31.2 Å². The maximum atomic E-state index is 12.4. The Kier molecular flexibility index (Phi) is 6.67. The van der Waals surface area contributed by atoms with Gasteiger partial charge >= 0.3 is 0 Å². The Labute approximate surface area is 156 Å². The number of nitrogens with one attached hydrogen (secondary N) is 1. The molecule has 1 heterocycles. The molecule has 3 rings (SSSR count). The van der Waals surface area contributed by atoms with E-state index < -0.39 is 0 Å². The van der Waals surface area contributed by atoms with E-state index in [1.807, 2.05) is 61.5 Å². The SMILES string of the molecule is Cc1ccccc1C(=O)NC1CCN(CCCOc2ccccc2)CC1. The Hall–Kier alpha value is -2.33. The van der Waals surface area contributed by atoms with Crippen molar-refractivity contribution in [2.75, 3.05) is 26.2 Å². The first-order valence-corrected chi connectivity index (χ1v) is 9.49. The van der Waals surface area contributed by atoms with Crippen LogP contribution in [0.15, 0.2) is 54.6 Å². The number of benzene rings is 2. The average Bonchev–Trinajstić information content (AvgIpc) is 2.67. The summed E-state index contributed by atoms with van der Waals surface area (Å²) in [5.41, 5.74) is 1.81. The zero-order valence-electron chi connectivity index (χ0n) is 15.5. The molecule has 4 heteroatoms. The third kappa shape index (κ3) is 5.33. The fourth-order valence-electron chi connectivity index (χ4n) is 3.39. The fraction of sp³-hybridized carbons (Fsp3) is 0.409. The highest BCUT2D eigenvalue weighted by Crippen LogP contribution is 2.14. The zero-order valence-corrected chi connectivity index (χ0v) is 15.5. The molecule has 138 valence electrons. The third-order valence-corrected chi connectivity index (χ3v) is 4.94. The first kappa shape index (κ1) is 18.5. The molecule has 4 nitrogen and oxygen atoms in total. The van der Waals surface area contributed by atoms with Gasteiger partial charge in [0.2, 0.25) is 0 Å². The molecule has 1 aliphatic rings. The van der Waals surface area contributed by atoms with E-state index in [4.69, 9.17) is 4.74 Å². The number of carbonyl (C=O) groups excluding carboxylic acids is 1. The van der Waals surface area contributed by atoms with Gasteiger partial charge in [0.25, 0.3) is 5.91 Å². The van der Waals surface area contributed by atoms with E-state index in [9.17, 15) is 4.79 Å². The Balaban J connectivity index is 1.34. The van der Waals surface area contributed by atoms with Gasteiger partial charge in [-0.3, -0.25) is 4.79 Å². The first-order chi connectivity index (χ1) is 12.7. The maximum Gasteiger partial charge on any atom is 0.251 e. The zero-order chi connectivity index (χ0) is 18.2. The molecule has 0 aromatic heterocycles. The number of aryl methyl sites for hydroxylation is 1. The molecule has 0 spiro atoms. The summed E-state index contributed by atoms with van der Waals surface area (Å²) in [5, 5.41) is 3.20. The van der Waals surface area contributed by atoms with Gasteiger partial charge < -0.3 is 15.0 Å². The van der Waals surface area contributed by atoms with E-state index in [-0.39, 0.29) is 11.9 Å². The summed E-state index contributed by atoms with van der Waals surface area (Å²) in [6.07, 6.45) is 3.05. The molecular weight excluding hydrogens is 324 g/mol. The van der Waals surface area contributed by atoms with Gasteiger partial charge in [0.15, 0.2) is 0 Å². The Bertz CT molecular complexity index is 694. The van der Waals surface area contributed by atoms with Crippen LogP contribution in [0, 0.1) is 6.92 Å². The second-order valence-corrected chi connectivity index (χ2v) is 6.92. The molecule has 1 amide bonds. The highest BCUT2D eigenvalue weighted by Gasteiger charge is 2.21. The molecule has 0 saturated carbocycles. The summed E-state index contributed by atoms with van der Waals surface area (Å²) in [4.78, 5) is 14.9. The van der Waals surface area contributed by atoms with Gasteiger partial charge in [0.05, 0.1) is 6.61 Å². The number of hydrogen-bond acceptors (Lipinski definition) is 3. The van der Waals surface area contributed by atoms with E-state index >= 15 is 0 Å². The maximum absolute atomic E-state index is 12.4. The van der Waals surface area contributed by atoms with Gasteiger partial charge in [-0.05, 0) is 49.9 Å². The predicted octanol–water partition coefficient (Wildman–Crippen LogP) is 3.66. The fourth-order valence-corrected chi connectivity index (χ4v) is 3.39. The summed E-state index contributed by atoms with van der Waals surface area (Å²) in [6.45, 7) is 5.84. The molecule has 26 heavy (non-hydrogen) atoms. The number of rotatable bonds is 7. The van der Waals surface area contributed by atoms with Crippen LogP contribution >= 0.6 is 0 Å². The lowest BCUT2D eigenvalue weighted by molar-refractivity contribution is 0.0909. The summed E-state index contributed by atoms with van der Waals surface area (Å²) in [5.74, 6) is 0.989. The molecule has 0 atom stereocenters. The molecule has 0 unspecified atom stereocenters. The molecule has 1 N–H and O–H groups in total. The average molecular weight is 352 g/mol. The van der Waals surface area contributed by atoms with Crippen molar-refractivity contribution < 1.29 is 9.53 Å². The number of para-hydroxylation sites is 1. The molecular formula is C22H28N2O2. The van der Waals surface area contributed by atoms with Crippen LogP contribution in [-0.4, -0.2) is 43.1 Å². The van der Waals surface area contributed by atoms with Gasteiger partial charge in [0.1, 0.15) is 5.75 Å². The van der Waals surface area contributed by atoms with Crippen molar-refractivity contribution in [2.45, 2.75) is 32.2 Å². The summed E-state index contributed by atoms with van der Waals surface area (Å²) < 4.78 is 5.75. The Morgan fingerprint density at radius 1 is 1.08 bits per heavy atom.